The van der Waals surface area contributed by atoms with Gasteiger partial charge in [-0.1, -0.05) is 30.3 Å². The quantitative estimate of drug-likeness (QED) is 0.483. The molecule has 0 atom stereocenters. The fourth-order valence-corrected chi connectivity index (χ4v) is 1.94. The number of carbonyl (C=O) groups is 2. The number of amides is 1. The van der Waals surface area contributed by atoms with Crippen LogP contribution in [0.2, 0.25) is 0 Å². The van der Waals surface area contributed by atoms with Crippen LogP contribution in [0.15, 0.2) is 60.7 Å². The number of benzene rings is 2. The molecule has 0 spiro atoms. The smallest absolute Gasteiger partial charge is 0.337 e. The number of nitrogens with one attached hydrogen (secondary N) is 1. The average molecular weight is 325 g/mol. The number of hydrogen-bond acceptors (Lipinski definition) is 4. The van der Waals surface area contributed by atoms with Crippen molar-refractivity contribution in [3.63, 3.8) is 0 Å². The molecule has 24 heavy (non-hydrogen) atoms. The van der Waals surface area contributed by atoms with Gasteiger partial charge in [-0.2, -0.15) is 0 Å². The normalized spacial score (nSPS) is 10.4. The Labute approximate surface area is 140 Å². The monoisotopic (exact) mass is 325 g/mol. The molecular formula is C19H19NO4. The van der Waals surface area contributed by atoms with E-state index >= 15 is 0 Å². The average Bonchev–Trinajstić information content (AvgIpc) is 2.64. The Bertz CT molecular complexity index is 693. The number of rotatable bonds is 7. The first-order valence-electron chi connectivity index (χ1n) is 7.51. The molecule has 0 heterocycles. The number of para-hydroxylation sites is 1. The zero-order valence-corrected chi connectivity index (χ0v) is 13.4. The van der Waals surface area contributed by atoms with Crippen LogP contribution in [0, 0.1) is 0 Å². The molecule has 2 aromatic carbocycles. The van der Waals surface area contributed by atoms with Crippen molar-refractivity contribution in [2.45, 2.75) is 0 Å². The van der Waals surface area contributed by atoms with Crippen molar-refractivity contribution in [3.8, 4) is 5.75 Å². The Morgan fingerprint density at radius 3 is 2.42 bits per heavy atom. The van der Waals surface area contributed by atoms with Gasteiger partial charge in [0.15, 0.2) is 0 Å². The third-order valence-electron chi connectivity index (χ3n) is 3.17. The van der Waals surface area contributed by atoms with Crippen LogP contribution >= 0.6 is 0 Å². The second-order valence-corrected chi connectivity index (χ2v) is 4.90. The lowest BCUT2D eigenvalue weighted by atomic mass is 10.1. The summed E-state index contributed by atoms with van der Waals surface area (Å²) < 4.78 is 10.1. The highest BCUT2D eigenvalue weighted by atomic mass is 16.5. The first-order valence-corrected chi connectivity index (χ1v) is 7.51. The van der Waals surface area contributed by atoms with E-state index in [0.717, 1.165) is 11.3 Å². The molecule has 0 fully saturated rings. The van der Waals surface area contributed by atoms with Crippen molar-refractivity contribution in [3.05, 3.63) is 71.8 Å². The van der Waals surface area contributed by atoms with Crippen molar-refractivity contribution >= 4 is 18.0 Å². The van der Waals surface area contributed by atoms with Crippen LogP contribution in [0.3, 0.4) is 0 Å². The van der Waals surface area contributed by atoms with E-state index in [-0.39, 0.29) is 11.9 Å². The number of hydrogen-bond donors (Lipinski definition) is 1. The van der Waals surface area contributed by atoms with Crippen molar-refractivity contribution in [1.82, 2.24) is 5.32 Å². The van der Waals surface area contributed by atoms with E-state index in [1.54, 1.807) is 30.3 Å². The highest BCUT2D eigenvalue weighted by Crippen LogP contribution is 2.08. The van der Waals surface area contributed by atoms with Crippen molar-refractivity contribution in [2.75, 3.05) is 20.3 Å². The van der Waals surface area contributed by atoms with Crippen LogP contribution in [0.4, 0.5) is 0 Å². The number of carbonyl (C=O) groups excluding carboxylic acids is 2. The van der Waals surface area contributed by atoms with Gasteiger partial charge in [-0.3, -0.25) is 4.79 Å². The topological polar surface area (TPSA) is 64.6 Å². The molecule has 0 saturated heterocycles. The molecule has 1 N–H and O–H groups in total. The van der Waals surface area contributed by atoms with Gasteiger partial charge in [-0.05, 0) is 35.9 Å². The zero-order chi connectivity index (χ0) is 17.2. The molecule has 124 valence electrons. The van der Waals surface area contributed by atoms with Crippen molar-refractivity contribution in [2.24, 2.45) is 0 Å². The molecule has 0 aromatic heterocycles. The van der Waals surface area contributed by atoms with E-state index in [0.29, 0.717) is 18.7 Å². The molecule has 2 rings (SSSR count). The Balaban J connectivity index is 1.73. The summed E-state index contributed by atoms with van der Waals surface area (Å²) in [6.07, 6.45) is 3.12. The molecule has 1 amide bonds. The van der Waals surface area contributed by atoms with Crippen LogP contribution in [-0.2, 0) is 9.53 Å². The van der Waals surface area contributed by atoms with Crippen LogP contribution in [0.1, 0.15) is 15.9 Å². The summed E-state index contributed by atoms with van der Waals surface area (Å²) in [7, 11) is 1.34. The van der Waals surface area contributed by atoms with Gasteiger partial charge in [0, 0.05) is 6.08 Å². The molecule has 2 aromatic rings. The zero-order valence-electron chi connectivity index (χ0n) is 13.4. The molecule has 0 unspecified atom stereocenters. The predicted octanol–water partition coefficient (Wildman–Crippen LogP) is 2.68. The van der Waals surface area contributed by atoms with Gasteiger partial charge >= 0.3 is 5.97 Å². The van der Waals surface area contributed by atoms with Gasteiger partial charge in [-0.25, -0.2) is 4.79 Å². The maximum Gasteiger partial charge on any atom is 0.337 e. The Hall–Kier alpha value is -3.08. The fourth-order valence-electron chi connectivity index (χ4n) is 1.94. The highest BCUT2D eigenvalue weighted by Gasteiger charge is 2.03. The lowest BCUT2D eigenvalue weighted by Gasteiger charge is -2.06. The van der Waals surface area contributed by atoms with Gasteiger partial charge < -0.3 is 14.8 Å². The van der Waals surface area contributed by atoms with Gasteiger partial charge in [0.05, 0.1) is 19.2 Å². The van der Waals surface area contributed by atoms with Crippen LogP contribution in [-0.4, -0.2) is 32.1 Å². The van der Waals surface area contributed by atoms with Crippen LogP contribution in [0.5, 0.6) is 5.75 Å². The Morgan fingerprint density at radius 1 is 1.04 bits per heavy atom. The maximum absolute atomic E-state index is 11.7. The first-order chi connectivity index (χ1) is 11.7. The highest BCUT2D eigenvalue weighted by molar-refractivity contribution is 5.92. The largest absolute Gasteiger partial charge is 0.492 e. The second kappa shape index (κ2) is 9.15. The van der Waals surface area contributed by atoms with Gasteiger partial charge in [0.2, 0.25) is 5.91 Å². The SMILES string of the molecule is COC(=O)c1ccc(/C=C/C(=O)NCCOc2ccccc2)cc1. The standard InChI is InChI=1S/C19H19NO4/c1-23-19(22)16-10-7-15(8-11-16)9-12-18(21)20-13-14-24-17-5-3-2-4-6-17/h2-12H,13-14H2,1H3,(H,20,21)/b12-9+. The maximum atomic E-state index is 11.7. The molecule has 0 saturated carbocycles. The summed E-state index contributed by atoms with van der Waals surface area (Å²) in [5.74, 6) is 0.179. The molecule has 0 aliphatic rings. The summed E-state index contributed by atoms with van der Waals surface area (Å²) >= 11 is 0. The first kappa shape index (κ1) is 17.3. The Morgan fingerprint density at radius 2 is 1.75 bits per heavy atom. The molecule has 0 bridgehead atoms. The third-order valence-corrected chi connectivity index (χ3v) is 3.17. The minimum Gasteiger partial charge on any atom is -0.492 e. The van der Waals surface area contributed by atoms with Crippen LogP contribution in [0.25, 0.3) is 6.08 Å². The molecule has 5 heteroatoms. The summed E-state index contributed by atoms with van der Waals surface area (Å²) in [5.41, 5.74) is 1.29. The van der Waals surface area contributed by atoms with Crippen molar-refractivity contribution in [1.29, 1.82) is 0 Å². The predicted molar refractivity (Wildman–Crippen MR) is 91.8 cm³/mol. The van der Waals surface area contributed by atoms with Gasteiger partial charge in [-0.15, -0.1) is 0 Å². The molecule has 0 aliphatic carbocycles. The molecular weight excluding hydrogens is 306 g/mol. The summed E-state index contributed by atoms with van der Waals surface area (Å²) in [6.45, 7) is 0.816. The lowest BCUT2D eigenvalue weighted by molar-refractivity contribution is -0.116. The van der Waals surface area contributed by atoms with E-state index in [1.807, 2.05) is 30.3 Å². The number of ether oxygens (including phenoxy) is 2. The second-order valence-electron chi connectivity index (χ2n) is 4.90. The minimum atomic E-state index is -0.387. The minimum absolute atomic E-state index is 0.205. The van der Waals surface area contributed by atoms with E-state index in [1.165, 1.54) is 13.2 Å². The summed E-state index contributed by atoms with van der Waals surface area (Å²) in [4.78, 5) is 23.0. The molecule has 0 aliphatic heterocycles. The molecule has 0 radical (unpaired) electrons. The van der Waals surface area contributed by atoms with Gasteiger partial charge in [0.1, 0.15) is 12.4 Å². The molecule has 5 nitrogen and oxygen atoms in total. The number of methoxy groups -OCH3 is 1. The summed E-state index contributed by atoms with van der Waals surface area (Å²) in [5, 5.41) is 2.74. The Kier molecular flexibility index (Phi) is 6.58. The van der Waals surface area contributed by atoms with Crippen molar-refractivity contribution < 1.29 is 19.1 Å². The van der Waals surface area contributed by atoms with E-state index in [9.17, 15) is 9.59 Å². The fraction of sp³-hybridized carbons (Fsp3) is 0.158. The van der Waals surface area contributed by atoms with E-state index in [4.69, 9.17) is 4.74 Å². The number of esters is 1. The third kappa shape index (κ3) is 5.61. The van der Waals surface area contributed by atoms with E-state index in [2.05, 4.69) is 10.1 Å². The van der Waals surface area contributed by atoms with Gasteiger partial charge in [0.25, 0.3) is 0 Å². The van der Waals surface area contributed by atoms with E-state index < -0.39 is 0 Å². The lowest BCUT2D eigenvalue weighted by Crippen LogP contribution is -2.26. The summed E-state index contributed by atoms with van der Waals surface area (Å²) in [6, 6.07) is 16.2. The van der Waals surface area contributed by atoms with Crippen LogP contribution < -0.4 is 10.1 Å².